The van der Waals surface area contributed by atoms with E-state index in [1.54, 1.807) is 6.08 Å². The number of nitrogens with one attached hydrogen (secondary N) is 2. The minimum atomic E-state index is -1.22. The highest BCUT2D eigenvalue weighted by Gasteiger charge is 2.70. The van der Waals surface area contributed by atoms with Crippen molar-refractivity contribution in [1.82, 2.24) is 10.2 Å². The van der Waals surface area contributed by atoms with Crippen molar-refractivity contribution in [3.63, 3.8) is 0 Å². The Bertz CT molecular complexity index is 868. The van der Waals surface area contributed by atoms with E-state index in [1.165, 1.54) is 4.90 Å². The number of carbonyl (C=O) groups is 3. The molecule has 2 fully saturated rings. The Kier molecular flexibility index (Phi) is 4.27. The second-order valence-electron chi connectivity index (χ2n) is 7.91. The van der Waals surface area contributed by atoms with Crippen molar-refractivity contribution in [2.24, 2.45) is 17.8 Å². The molecule has 2 saturated heterocycles. The molecule has 0 radical (unpaired) electrons. The molecule has 1 aromatic carbocycles. The summed E-state index contributed by atoms with van der Waals surface area (Å²) in [6.07, 6.45) is 2.26. The smallest absolute Gasteiger partial charge is 0.250 e. The van der Waals surface area contributed by atoms with Gasteiger partial charge in [0.1, 0.15) is 5.54 Å². The maximum absolute atomic E-state index is 13.2. The van der Waals surface area contributed by atoms with Gasteiger partial charge in [-0.3, -0.25) is 24.6 Å². The van der Waals surface area contributed by atoms with Gasteiger partial charge in [0.25, 0.3) is 0 Å². The number of benzene rings is 1. The normalized spacial score (nSPS) is 31.6. The zero-order valence-corrected chi connectivity index (χ0v) is 16.9. The summed E-state index contributed by atoms with van der Waals surface area (Å²) in [5.74, 6) is -1.75. The van der Waals surface area contributed by atoms with Crippen LogP contribution in [-0.4, -0.2) is 35.2 Å². The quantitative estimate of drug-likeness (QED) is 0.566. The summed E-state index contributed by atoms with van der Waals surface area (Å²) in [4.78, 5) is 40.7. The number of anilines is 1. The van der Waals surface area contributed by atoms with E-state index in [4.69, 9.17) is 0 Å². The molecule has 0 saturated carbocycles. The van der Waals surface area contributed by atoms with Crippen LogP contribution in [-0.2, 0) is 19.9 Å². The summed E-state index contributed by atoms with van der Waals surface area (Å²) in [7, 11) is 0. The van der Waals surface area contributed by atoms with Gasteiger partial charge in [0.05, 0.1) is 11.8 Å². The summed E-state index contributed by atoms with van der Waals surface area (Å²) in [5, 5.41) is 6.33. The molecule has 3 aliphatic rings. The van der Waals surface area contributed by atoms with E-state index < -0.39 is 17.4 Å². The number of hydrogen-bond donors (Lipinski definition) is 2. The molecule has 4 atom stereocenters. The van der Waals surface area contributed by atoms with Crippen LogP contribution in [0.25, 0.3) is 0 Å². The highest BCUT2D eigenvalue weighted by atomic mass is 79.9. The van der Waals surface area contributed by atoms with Gasteiger partial charge in [-0.05, 0) is 30.5 Å². The molecule has 3 heterocycles. The van der Waals surface area contributed by atoms with Gasteiger partial charge in [0, 0.05) is 28.3 Å². The van der Waals surface area contributed by atoms with Gasteiger partial charge >= 0.3 is 0 Å². The molecular formula is C20H22BrN3O3. The first kappa shape index (κ1) is 18.4. The lowest BCUT2D eigenvalue weighted by molar-refractivity contribution is -0.142. The van der Waals surface area contributed by atoms with Gasteiger partial charge in [-0.2, -0.15) is 0 Å². The molecule has 2 N–H and O–H groups in total. The van der Waals surface area contributed by atoms with Crippen LogP contribution in [0.1, 0.15) is 25.8 Å². The lowest BCUT2D eigenvalue weighted by Crippen LogP contribution is -2.53. The van der Waals surface area contributed by atoms with Crippen molar-refractivity contribution in [1.29, 1.82) is 0 Å². The van der Waals surface area contributed by atoms with Crippen LogP contribution in [0.3, 0.4) is 0 Å². The van der Waals surface area contributed by atoms with Gasteiger partial charge < -0.3 is 5.32 Å². The number of hydrogen-bond acceptors (Lipinski definition) is 4. The number of fused-ring (bicyclic) bond motifs is 4. The van der Waals surface area contributed by atoms with Crippen molar-refractivity contribution in [3.05, 3.63) is 40.9 Å². The third-order valence-electron chi connectivity index (χ3n) is 5.81. The Morgan fingerprint density at radius 3 is 2.70 bits per heavy atom. The van der Waals surface area contributed by atoms with E-state index in [2.05, 4.69) is 47.0 Å². The molecule has 4 rings (SSSR count). The SMILES string of the molecule is C=CCN1C(=O)[C@H]2[C@@H](C1=O)[C@]1(N[C@@H]2CC(C)C)C(=O)Nc2ccc(Br)cc21. The number of carbonyl (C=O) groups excluding carboxylic acids is 3. The molecule has 7 heteroatoms. The molecule has 0 unspecified atom stereocenters. The Hall–Kier alpha value is -1.99. The monoisotopic (exact) mass is 431 g/mol. The molecule has 3 aliphatic heterocycles. The minimum Gasteiger partial charge on any atom is -0.324 e. The number of imide groups is 1. The van der Waals surface area contributed by atoms with Gasteiger partial charge in [0.15, 0.2) is 0 Å². The largest absolute Gasteiger partial charge is 0.324 e. The van der Waals surface area contributed by atoms with Crippen molar-refractivity contribution < 1.29 is 14.4 Å². The third-order valence-corrected chi connectivity index (χ3v) is 6.30. The third kappa shape index (κ3) is 2.44. The maximum atomic E-state index is 13.2. The average molecular weight is 432 g/mol. The maximum Gasteiger partial charge on any atom is 0.250 e. The Balaban J connectivity index is 1.89. The van der Waals surface area contributed by atoms with E-state index >= 15 is 0 Å². The molecule has 1 aromatic rings. The molecule has 6 nitrogen and oxygen atoms in total. The van der Waals surface area contributed by atoms with E-state index in [9.17, 15) is 14.4 Å². The van der Waals surface area contributed by atoms with Crippen molar-refractivity contribution in [2.75, 3.05) is 11.9 Å². The van der Waals surface area contributed by atoms with Crippen LogP contribution in [0.15, 0.2) is 35.3 Å². The van der Waals surface area contributed by atoms with Crippen LogP contribution >= 0.6 is 15.9 Å². The molecule has 0 bridgehead atoms. The van der Waals surface area contributed by atoms with Crippen molar-refractivity contribution >= 4 is 39.3 Å². The summed E-state index contributed by atoms with van der Waals surface area (Å²) in [6.45, 7) is 7.97. The zero-order chi connectivity index (χ0) is 19.5. The fourth-order valence-electron chi connectivity index (χ4n) is 4.85. The summed E-state index contributed by atoms with van der Waals surface area (Å²) >= 11 is 3.46. The molecule has 142 valence electrons. The van der Waals surface area contributed by atoms with Crippen LogP contribution in [0.2, 0.25) is 0 Å². The fourth-order valence-corrected chi connectivity index (χ4v) is 5.21. The van der Waals surface area contributed by atoms with Crippen LogP contribution in [0.5, 0.6) is 0 Å². The molecule has 0 aromatic heterocycles. The first-order valence-corrected chi connectivity index (χ1v) is 9.95. The second kappa shape index (κ2) is 6.27. The molecular weight excluding hydrogens is 410 g/mol. The van der Waals surface area contributed by atoms with Crippen LogP contribution in [0.4, 0.5) is 5.69 Å². The first-order chi connectivity index (χ1) is 12.8. The molecule has 1 spiro atoms. The highest BCUT2D eigenvalue weighted by molar-refractivity contribution is 9.10. The number of likely N-dealkylation sites (tertiary alicyclic amines) is 1. The van der Waals surface area contributed by atoms with E-state index in [1.807, 2.05) is 18.2 Å². The molecule has 27 heavy (non-hydrogen) atoms. The van der Waals surface area contributed by atoms with Crippen LogP contribution in [0, 0.1) is 17.8 Å². The number of halogens is 1. The number of rotatable bonds is 4. The number of nitrogens with zero attached hydrogens (tertiary/aromatic N) is 1. The Morgan fingerprint density at radius 1 is 1.30 bits per heavy atom. The second-order valence-corrected chi connectivity index (χ2v) is 8.83. The Labute approximate surface area is 166 Å². The van der Waals surface area contributed by atoms with Gasteiger partial charge in [-0.25, -0.2) is 0 Å². The van der Waals surface area contributed by atoms with Crippen molar-refractivity contribution in [3.8, 4) is 0 Å². The highest BCUT2D eigenvalue weighted by Crippen LogP contribution is 2.54. The van der Waals surface area contributed by atoms with Crippen molar-refractivity contribution in [2.45, 2.75) is 31.8 Å². The first-order valence-electron chi connectivity index (χ1n) is 9.16. The predicted molar refractivity (Wildman–Crippen MR) is 105 cm³/mol. The fraction of sp³-hybridized carbons (Fsp3) is 0.450. The lowest BCUT2D eigenvalue weighted by atomic mass is 9.76. The van der Waals surface area contributed by atoms with E-state index in [0.717, 1.165) is 10.0 Å². The van der Waals surface area contributed by atoms with E-state index in [0.29, 0.717) is 18.0 Å². The summed E-state index contributed by atoms with van der Waals surface area (Å²) in [5.41, 5.74) is 0.193. The minimum absolute atomic E-state index is 0.169. The summed E-state index contributed by atoms with van der Waals surface area (Å²) < 4.78 is 0.822. The molecule has 3 amide bonds. The topological polar surface area (TPSA) is 78.5 Å². The number of amides is 3. The lowest BCUT2D eigenvalue weighted by Gasteiger charge is -2.29. The average Bonchev–Trinajstić information content (AvgIpc) is 3.16. The van der Waals surface area contributed by atoms with Crippen LogP contribution < -0.4 is 10.6 Å². The predicted octanol–water partition coefficient (Wildman–Crippen LogP) is 2.40. The van der Waals surface area contributed by atoms with Gasteiger partial charge in [-0.1, -0.05) is 35.9 Å². The van der Waals surface area contributed by atoms with Gasteiger partial charge in [0.2, 0.25) is 17.7 Å². The van der Waals surface area contributed by atoms with E-state index in [-0.39, 0.29) is 30.3 Å². The zero-order valence-electron chi connectivity index (χ0n) is 15.3. The van der Waals surface area contributed by atoms with Gasteiger partial charge in [-0.15, -0.1) is 6.58 Å². The summed E-state index contributed by atoms with van der Waals surface area (Å²) in [6, 6.07) is 5.29. The Morgan fingerprint density at radius 2 is 2.04 bits per heavy atom. The standard InChI is InChI=1S/C20H22BrN3O3/c1-4-7-24-17(25)15-14(8-10(2)3)23-20(16(15)18(24)26)12-9-11(21)5-6-13(12)22-19(20)27/h4-6,9-10,14-16,23H,1,7-8H2,2-3H3,(H,22,27)/t14-,15-,16+,20+/m1/s1. The molecule has 0 aliphatic carbocycles.